The van der Waals surface area contributed by atoms with Crippen molar-refractivity contribution in [2.24, 2.45) is 5.10 Å². The number of carbonyl (C=O) groups excluding carboxylic acids is 3. The van der Waals surface area contributed by atoms with E-state index in [1.54, 1.807) is 55.6 Å². The molecule has 9 heteroatoms. The van der Waals surface area contributed by atoms with Gasteiger partial charge in [0.15, 0.2) is 5.17 Å². The van der Waals surface area contributed by atoms with Crippen molar-refractivity contribution in [3.8, 4) is 11.5 Å². The summed E-state index contributed by atoms with van der Waals surface area (Å²) in [6.07, 6.45) is 0. The fraction of sp³-hybridized carbons (Fsp3) is 0.200. The maximum absolute atomic E-state index is 12.4. The third-order valence-corrected chi connectivity index (χ3v) is 5.03. The van der Waals surface area contributed by atoms with Crippen LogP contribution in [0.5, 0.6) is 11.5 Å². The highest BCUT2D eigenvalue weighted by atomic mass is 32.2. The number of hydrogen-bond donors (Lipinski definition) is 1. The molecule has 1 atom stereocenters. The van der Waals surface area contributed by atoms with Crippen molar-refractivity contribution in [3.63, 3.8) is 0 Å². The summed E-state index contributed by atoms with van der Waals surface area (Å²) in [5.41, 5.74) is 1.09. The third kappa shape index (κ3) is 4.94. The third-order valence-electron chi connectivity index (χ3n) is 3.93. The van der Waals surface area contributed by atoms with Crippen molar-refractivity contribution in [2.75, 3.05) is 7.11 Å². The molecule has 1 aliphatic rings. The number of esters is 1. The smallest absolute Gasteiger partial charge is 0.343 e. The van der Waals surface area contributed by atoms with Gasteiger partial charge in [-0.25, -0.2) is 9.80 Å². The van der Waals surface area contributed by atoms with E-state index in [0.717, 1.165) is 0 Å². The van der Waals surface area contributed by atoms with E-state index < -0.39 is 11.3 Å². The van der Waals surface area contributed by atoms with Crippen molar-refractivity contribution < 1.29 is 23.9 Å². The zero-order valence-electron chi connectivity index (χ0n) is 16.0. The SMILES string of the molecule is COc1ccc(C(=O)Oc2cccc([C@@H]3SC(NC(C)=O)=NN3C(C)=O)c2)cc1. The zero-order valence-corrected chi connectivity index (χ0v) is 16.9. The van der Waals surface area contributed by atoms with Crippen molar-refractivity contribution in [1.29, 1.82) is 0 Å². The topological polar surface area (TPSA) is 97.3 Å². The van der Waals surface area contributed by atoms with Gasteiger partial charge in [-0.05, 0) is 42.0 Å². The molecule has 0 radical (unpaired) electrons. The van der Waals surface area contributed by atoms with Gasteiger partial charge < -0.3 is 14.8 Å². The molecule has 0 unspecified atom stereocenters. The standard InChI is InChI=1S/C20H19N3O5S/c1-12(24)21-20-22-23(13(2)25)18(29-20)15-5-4-6-17(11-15)28-19(26)14-7-9-16(27-3)10-8-14/h4-11,18H,1-3H3,(H,21,22,24)/t18-/m0/s1. The van der Waals surface area contributed by atoms with Gasteiger partial charge in [0.25, 0.3) is 0 Å². The summed E-state index contributed by atoms with van der Waals surface area (Å²) in [6.45, 7) is 2.76. The predicted octanol–water partition coefficient (Wildman–Crippen LogP) is 2.92. The summed E-state index contributed by atoms with van der Waals surface area (Å²) in [7, 11) is 1.55. The second kappa shape index (κ2) is 8.78. The first-order chi connectivity index (χ1) is 13.9. The lowest BCUT2D eigenvalue weighted by atomic mass is 10.2. The number of amides is 2. The molecule has 2 aromatic carbocycles. The molecular formula is C20H19N3O5S. The molecule has 0 spiro atoms. The minimum Gasteiger partial charge on any atom is -0.497 e. The van der Waals surface area contributed by atoms with Crippen LogP contribution >= 0.6 is 11.8 Å². The maximum atomic E-state index is 12.4. The number of nitrogens with one attached hydrogen (secondary N) is 1. The number of nitrogens with zero attached hydrogens (tertiary/aromatic N) is 2. The van der Waals surface area contributed by atoms with E-state index in [1.165, 1.54) is 30.6 Å². The second-order valence-electron chi connectivity index (χ2n) is 6.11. The molecule has 1 heterocycles. The van der Waals surface area contributed by atoms with Crippen LogP contribution in [0.1, 0.15) is 35.1 Å². The number of thioether (sulfide) groups is 1. The van der Waals surface area contributed by atoms with Crippen LogP contribution < -0.4 is 14.8 Å². The van der Waals surface area contributed by atoms with Crippen LogP contribution in [0.15, 0.2) is 53.6 Å². The summed E-state index contributed by atoms with van der Waals surface area (Å²) in [5, 5.41) is 7.87. The Labute approximate surface area is 171 Å². The minimum absolute atomic E-state index is 0.275. The number of rotatable bonds is 4. The Balaban J connectivity index is 1.77. The van der Waals surface area contributed by atoms with E-state index in [-0.39, 0.29) is 11.8 Å². The molecule has 2 amide bonds. The van der Waals surface area contributed by atoms with Gasteiger partial charge in [-0.3, -0.25) is 9.59 Å². The van der Waals surface area contributed by atoms with Gasteiger partial charge >= 0.3 is 5.97 Å². The molecule has 0 aliphatic carbocycles. The summed E-state index contributed by atoms with van der Waals surface area (Å²) < 4.78 is 10.5. The fourth-order valence-electron chi connectivity index (χ4n) is 2.60. The highest BCUT2D eigenvalue weighted by Crippen LogP contribution is 2.39. The molecule has 2 aromatic rings. The largest absolute Gasteiger partial charge is 0.497 e. The second-order valence-corrected chi connectivity index (χ2v) is 7.18. The first-order valence-electron chi connectivity index (χ1n) is 8.66. The first kappa shape index (κ1) is 20.4. The van der Waals surface area contributed by atoms with E-state index >= 15 is 0 Å². The van der Waals surface area contributed by atoms with Crippen LogP contribution in [-0.4, -0.2) is 35.1 Å². The lowest BCUT2D eigenvalue weighted by Gasteiger charge is -2.19. The highest BCUT2D eigenvalue weighted by Gasteiger charge is 2.32. The maximum Gasteiger partial charge on any atom is 0.343 e. The van der Waals surface area contributed by atoms with Crippen molar-refractivity contribution >= 4 is 34.7 Å². The normalized spacial score (nSPS) is 15.5. The summed E-state index contributed by atoms with van der Waals surface area (Å²) in [4.78, 5) is 35.6. The average Bonchev–Trinajstić information content (AvgIpc) is 3.11. The molecule has 1 N–H and O–H groups in total. The Kier molecular flexibility index (Phi) is 6.18. The molecule has 0 saturated heterocycles. The molecule has 1 aliphatic heterocycles. The summed E-state index contributed by atoms with van der Waals surface area (Å²) in [5.74, 6) is -0.0879. The quantitative estimate of drug-likeness (QED) is 0.611. The van der Waals surface area contributed by atoms with Gasteiger partial charge in [-0.1, -0.05) is 23.9 Å². The van der Waals surface area contributed by atoms with Crippen LogP contribution in [0.4, 0.5) is 0 Å². The van der Waals surface area contributed by atoms with Crippen molar-refractivity contribution in [2.45, 2.75) is 19.2 Å². The van der Waals surface area contributed by atoms with Crippen molar-refractivity contribution in [1.82, 2.24) is 10.3 Å². The molecule has 0 bridgehead atoms. The first-order valence-corrected chi connectivity index (χ1v) is 9.54. The van der Waals surface area contributed by atoms with Gasteiger partial charge in [-0.2, -0.15) is 0 Å². The summed E-state index contributed by atoms with van der Waals surface area (Å²) in [6, 6.07) is 13.4. The van der Waals surface area contributed by atoms with Crippen LogP contribution in [-0.2, 0) is 9.59 Å². The highest BCUT2D eigenvalue weighted by molar-refractivity contribution is 8.14. The number of ether oxygens (including phenoxy) is 2. The Bertz CT molecular complexity index is 974. The molecular weight excluding hydrogens is 394 g/mol. The number of amidine groups is 1. The Morgan fingerprint density at radius 2 is 1.79 bits per heavy atom. The molecule has 8 nitrogen and oxygen atoms in total. The zero-order chi connectivity index (χ0) is 21.0. The molecule has 0 saturated carbocycles. The lowest BCUT2D eigenvalue weighted by molar-refractivity contribution is -0.129. The van der Waals surface area contributed by atoms with Gasteiger partial charge in [0.05, 0.1) is 12.7 Å². The number of benzene rings is 2. The number of methoxy groups -OCH3 is 1. The molecule has 150 valence electrons. The molecule has 29 heavy (non-hydrogen) atoms. The van der Waals surface area contributed by atoms with E-state index in [1.807, 2.05) is 0 Å². The van der Waals surface area contributed by atoms with Crippen LogP contribution in [0.25, 0.3) is 0 Å². The Hall–Kier alpha value is -3.33. The fourth-order valence-corrected chi connectivity index (χ4v) is 3.73. The summed E-state index contributed by atoms with van der Waals surface area (Å²) >= 11 is 1.23. The van der Waals surface area contributed by atoms with E-state index in [0.29, 0.717) is 27.8 Å². The molecule has 0 aromatic heterocycles. The molecule has 0 fully saturated rings. The average molecular weight is 413 g/mol. The van der Waals surface area contributed by atoms with E-state index in [2.05, 4.69) is 10.4 Å². The van der Waals surface area contributed by atoms with E-state index in [4.69, 9.17) is 9.47 Å². The van der Waals surface area contributed by atoms with Gasteiger partial charge in [-0.15, -0.1) is 5.10 Å². The molecule has 3 rings (SSSR count). The van der Waals surface area contributed by atoms with Crippen LogP contribution in [0, 0.1) is 0 Å². The predicted molar refractivity (Wildman–Crippen MR) is 108 cm³/mol. The van der Waals surface area contributed by atoms with Gasteiger partial charge in [0, 0.05) is 13.8 Å². The number of carbonyl (C=O) groups is 3. The Morgan fingerprint density at radius 1 is 1.07 bits per heavy atom. The van der Waals surface area contributed by atoms with E-state index in [9.17, 15) is 14.4 Å². The van der Waals surface area contributed by atoms with Crippen LogP contribution in [0.2, 0.25) is 0 Å². The van der Waals surface area contributed by atoms with Gasteiger partial charge in [0.2, 0.25) is 11.8 Å². The minimum atomic E-state index is -0.512. The Morgan fingerprint density at radius 3 is 2.41 bits per heavy atom. The van der Waals surface area contributed by atoms with Gasteiger partial charge in [0.1, 0.15) is 16.9 Å². The monoisotopic (exact) mass is 413 g/mol. The number of hydrogen-bond acceptors (Lipinski definition) is 7. The van der Waals surface area contributed by atoms with Crippen molar-refractivity contribution in [3.05, 3.63) is 59.7 Å². The number of hydrazone groups is 1. The lowest BCUT2D eigenvalue weighted by Crippen LogP contribution is -2.25. The van der Waals surface area contributed by atoms with Crippen LogP contribution in [0.3, 0.4) is 0 Å².